The Bertz CT molecular complexity index is 1820. The summed E-state index contributed by atoms with van der Waals surface area (Å²) in [4.78, 5) is 40.2. The topological polar surface area (TPSA) is 132 Å². The Hall–Kier alpha value is -4.83. The molecule has 0 fully saturated rings. The third kappa shape index (κ3) is 3.83. The molecule has 186 valence electrons. The Morgan fingerprint density at radius 3 is 2.41 bits per heavy atom. The van der Waals surface area contributed by atoms with Crippen LogP contribution in [-0.4, -0.2) is 31.3 Å². The Balaban J connectivity index is 1.72. The summed E-state index contributed by atoms with van der Waals surface area (Å²) >= 11 is 6.49. The van der Waals surface area contributed by atoms with E-state index >= 15 is 0 Å². The number of rotatable bonds is 5. The number of nitro benzene ring substituents is 1. The molecule has 0 spiro atoms. The van der Waals surface area contributed by atoms with Crippen LogP contribution in [0.3, 0.4) is 0 Å². The SMILES string of the molecule is COc1cccc(-c2ccc(-n3c(Cl)cc4[nH]c(=O)n(-c5c(C)cccc5[N+](=O)[O-])c(=O)c43)cc2)c1O. The molecule has 2 heterocycles. The molecule has 10 nitrogen and oxygen atoms in total. The molecule has 0 unspecified atom stereocenters. The smallest absolute Gasteiger partial charge is 0.333 e. The maximum Gasteiger partial charge on any atom is 0.333 e. The van der Waals surface area contributed by atoms with Crippen LogP contribution in [0.1, 0.15) is 5.56 Å². The first kappa shape index (κ1) is 23.9. The molecule has 0 aliphatic carbocycles. The zero-order valence-electron chi connectivity index (χ0n) is 19.6. The molecule has 3 aromatic carbocycles. The Morgan fingerprint density at radius 1 is 1.03 bits per heavy atom. The van der Waals surface area contributed by atoms with Crippen molar-refractivity contribution in [1.82, 2.24) is 14.1 Å². The summed E-state index contributed by atoms with van der Waals surface area (Å²) in [5, 5.41) is 22.3. The lowest BCUT2D eigenvalue weighted by Crippen LogP contribution is -2.35. The standard InChI is InChI=1S/C26H19ClN4O6/c1-14-5-3-7-19(31(35)36)22(14)30-25(33)23-18(28-26(30)34)13-21(27)29(23)16-11-9-15(10-12-16)17-6-4-8-20(37-2)24(17)32/h3-13,32H,1-2H3,(H,28,34). The third-order valence-electron chi connectivity index (χ3n) is 6.10. The van der Waals surface area contributed by atoms with Gasteiger partial charge in [-0.15, -0.1) is 0 Å². The van der Waals surface area contributed by atoms with Crippen molar-refractivity contribution in [3.8, 4) is 34.0 Å². The van der Waals surface area contributed by atoms with Crippen LogP contribution < -0.4 is 16.0 Å². The highest BCUT2D eigenvalue weighted by molar-refractivity contribution is 6.31. The van der Waals surface area contributed by atoms with Gasteiger partial charge in [-0.2, -0.15) is 0 Å². The predicted octanol–water partition coefficient (Wildman–Crippen LogP) is 4.72. The number of hydrogen-bond donors (Lipinski definition) is 2. The fourth-order valence-electron chi connectivity index (χ4n) is 4.40. The van der Waals surface area contributed by atoms with Gasteiger partial charge in [0.25, 0.3) is 11.2 Å². The maximum absolute atomic E-state index is 13.7. The third-order valence-corrected chi connectivity index (χ3v) is 6.38. The summed E-state index contributed by atoms with van der Waals surface area (Å²) in [6, 6.07) is 17.7. The van der Waals surface area contributed by atoms with Crippen LogP contribution in [0.25, 0.3) is 33.5 Å². The van der Waals surface area contributed by atoms with Crippen molar-refractivity contribution < 1.29 is 14.8 Å². The minimum atomic E-state index is -0.826. The molecule has 11 heteroatoms. The number of methoxy groups -OCH3 is 1. The Labute approximate surface area is 213 Å². The number of fused-ring (bicyclic) bond motifs is 1. The lowest BCUT2D eigenvalue weighted by atomic mass is 10.0. The zero-order chi connectivity index (χ0) is 26.4. The van der Waals surface area contributed by atoms with E-state index in [1.165, 1.54) is 29.9 Å². The van der Waals surface area contributed by atoms with Gasteiger partial charge in [0.1, 0.15) is 16.4 Å². The summed E-state index contributed by atoms with van der Waals surface area (Å²) in [7, 11) is 1.46. The van der Waals surface area contributed by atoms with Gasteiger partial charge in [0.2, 0.25) is 0 Å². The molecule has 0 aliphatic rings. The van der Waals surface area contributed by atoms with E-state index < -0.39 is 16.2 Å². The fourth-order valence-corrected chi connectivity index (χ4v) is 4.69. The van der Waals surface area contributed by atoms with E-state index in [0.717, 1.165) is 4.57 Å². The van der Waals surface area contributed by atoms with Gasteiger partial charge in [-0.05, 0) is 42.3 Å². The summed E-state index contributed by atoms with van der Waals surface area (Å²) < 4.78 is 7.38. The molecule has 5 aromatic rings. The normalized spacial score (nSPS) is 11.1. The second kappa shape index (κ2) is 8.99. The number of H-pyrrole nitrogens is 1. The minimum Gasteiger partial charge on any atom is -0.504 e. The highest BCUT2D eigenvalue weighted by Gasteiger charge is 2.24. The van der Waals surface area contributed by atoms with Gasteiger partial charge in [0.15, 0.2) is 11.5 Å². The number of aromatic amines is 1. The number of aromatic nitrogens is 3. The van der Waals surface area contributed by atoms with Crippen molar-refractivity contribution in [3.05, 3.63) is 108 Å². The highest BCUT2D eigenvalue weighted by atomic mass is 35.5. The first-order valence-corrected chi connectivity index (χ1v) is 11.4. The first-order valence-electron chi connectivity index (χ1n) is 11.0. The molecule has 0 saturated carbocycles. The summed E-state index contributed by atoms with van der Waals surface area (Å²) in [6.45, 7) is 1.58. The van der Waals surface area contributed by atoms with Crippen molar-refractivity contribution in [2.75, 3.05) is 7.11 Å². The molecule has 0 radical (unpaired) electrons. The molecular weight excluding hydrogens is 500 g/mol. The summed E-state index contributed by atoms with van der Waals surface area (Å²) in [5.41, 5.74) is 0.258. The lowest BCUT2D eigenvalue weighted by Gasteiger charge is -2.12. The van der Waals surface area contributed by atoms with Crippen LogP contribution in [0, 0.1) is 17.0 Å². The number of para-hydroxylation sites is 2. The van der Waals surface area contributed by atoms with Crippen LogP contribution >= 0.6 is 11.6 Å². The van der Waals surface area contributed by atoms with Crippen molar-refractivity contribution >= 4 is 28.3 Å². The molecule has 37 heavy (non-hydrogen) atoms. The van der Waals surface area contributed by atoms with Gasteiger partial charge in [0.05, 0.1) is 17.5 Å². The molecule has 0 atom stereocenters. The lowest BCUT2D eigenvalue weighted by molar-refractivity contribution is -0.384. The van der Waals surface area contributed by atoms with Crippen LogP contribution in [-0.2, 0) is 0 Å². The number of aromatic hydroxyl groups is 1. The largest absolute Gasteiger partial charge is 0.504 e. The van der Waals surface area contributed by atoms with Gasteiger partial charge in [-0.3, -0.25) is 19.5 Å². The van der Waals surface area contributed by atoms with Gasteiger partial charge in [0, 0.05) is 17.3 Å². The zero-order valence-corrected chi connectivity index (χ0v) is 20.3. The van der Waals surface area contributed by atoms with Crippen molar-refractivity contribution in [2.24, 2.45) is 0 Å². The van der Waals surface area contributed by atoms with E-state index in [0.29, 0.717) is 28.1 Å². The van der Waals surface area contributed by atoms with E-state index in [2.05, 4.69) is 4.98 Å². The highest BCUT2D eigenvalue weighted by Crippen LogP contribution is 2.37. The Kier molecular flexibility index (Phi) is 5.81. The van der Waals surface area contributed by atoms with Crippen LogP contribution in [0.5, 0.6) is 11.5 Å². The summed E-state index contributed by atoms with van der Waals surface area (Å²) in [6.07, 6.45) is 0. The minimum absolute atomic E-state index is 0.0116. The van der Waals surface area contributed by atoms with E-state index in [9.17, 15) is 24.8 Å². The number of benzene rings is 3. The average Bonchev–Trinajstić information content (AvgIpc) is 3.20. The monoisotopic (exact) mass is 518 g/mol. The predicted molar refractivity (Wildman–Crippen MR) is 140 cm³/mol. The second-order valence-corrected chi connectivity index (χ2v) is 8.63. The first-order chi connectivity index (χ1) is 17.7. The molecule has 0 saturated heterocycles. The molecule has 0 aliphatic heterocycles. The molecule has 2 aromatic heterocycles. The van der Waals surface area contributed by atoms with Gasteiger partial charge in [-0.25, -0.2) is 9.36 Å². The van der Waals surface area contributed by atoms with Gasteiger partial charge >= 0.3 is 5.69 Å². The second-order valence-electron chi connectivity index (χ2n) is 8.24. The van der Waals surface area contributed by atoms with Crippen LogP contribution in [0.2, 0.25) is 5.15 Å². The van der Waals surface area contributed by atoms with E-state index in [1.807, 2.05) is 0 Å². The molecule has 2 N–H and O–H groups in total. The number of phenolic OH excluding ortho intramolecular Hbond substituents is 1. The average molecular weight is 519 g/mol. The molecule has 5 rings (SSSR count). The van der Waals surface area contributed by atoms with E-state index in [1.54, 1.807) is 55.5 Å². The van der Waals surface area contributed by atoms with Gasteiger partial charge < -0.3 is 14.8 Å². The van der Waals surface area contributed by atoms with Crippen molar-refractivity contribution in [1.29, 1.82) is 0 Å². The van der Waals surface area contributed by atoms with Gasteiger partial charge in [-0.1, -0.05) is 48.0 Å². The molecule has 0 amide bonds. The molecular formula is C26H19ClN4O6. The fraction of sp³-hybridized carbons (Fsp3) is 0.0769. The quantitative estimate of drug-likeness (QED) is 0.255. The van der Waals surface area contributed by atoms with Crippen LogP contribution in [0.15, 0.2) is 76.3 Å². The summed E-state index contributed by atoms with van der Waals surface area (Å²) in [5.74, 6) is 0.318. The number of phenols is 1. The molecule has 0 bridgehead atoms. The number of ether oxygens (including phenoxy) is 1. The number of hydrogen-bond acceptors (Lipinski definition) is 6. The number of nitro groups is 1. The van der Waals surface area contributed by atoms with Crippen LogP contribution in [0.4, 0.5) is 5.69 Å². The number of nitrogens with zero attached hydrogens (tertiary/aromatic N) is 3. The van der Waals surface area contributed by atoms with E-state index in [-0.39, 0.29) is 33.3 Å². The Morgan fingerprint density at radius 2 is 1.73 bits per heavy atom. The number of nitrogens with one attached hydrogen (secondary N) is 1. The number of aryl methyl sites for hydroxylation is 1. The number of halogens is 1. The maximum atomic E-state index is 13.7. The van der Waals surface area contributed by atoms with Crippen molar-refractivity contribution in [2.45, 2.75) is 6.92 Å². The van der Waals surface area contributed by atoms with Crippen molar-refractivity contribution in [3.63, 3.8) is 0 Å². The van der Waals surface area contributed by atoms with E-state index in [4.69, 9.17) is 16.3 Å².